The van der Waals surface area contributed by atoms with Crippen LogP contribution in [-0.2, 0) is 13.5 Å². The first-order valence-electron chi connectivity index (χ1n) is 5.83. The summed E-state index contributed by atoms with van der Waals surface area (Å²) in [5, 5.41) is 3.89. The number of carbonyl (C=O) groups excluding carboxylic acids is 1. The Hall–Kier alpha value is -1.45. The maximum Gasteiger partial charge on any atom is 0.253 e. The lowest BCUT2D eigenvalue weighted by Gasteiger charge is -2.14. The monoisotopic (exact) mass is 294 g/mol. The second-order valence-corrected chi connectivity index (χ2v) is 5.36. The highest BCUT2D eigenvalue weighted by molar-refractivity contribution is 7.27. The van der Waals surface area contributed by atoms with E-state index in [9.17, 15) is 4.79 Å². The summed E-state index contributed by atoms with van der Waals surface area (Å²) in [6, 6.07) is 1.86. The van der Waals surface area contributed by atoms with Crippen LogP contribution in [0.1, 0.15) is 16.1 Å². The molecule has 2 aromatic heterocycles. The molecule has 5 nitrogen and oxygen atoms in total. The molecule has 1 aliphatic rings. The molecule has 1 unspecified atom stereocenters. The minimum atomic E-state index is -0.0337. The lowest BCUT2D eigenvalue weighted by molar-refractivity contribution is 0.0945. The van der Waals surface area contributed by atoms with Crippen molar-refractivity contribution in [3.05, 3.63) is 28.8 Å². The van der Waals surface area contributed by atoms with Gasteiger partial charge in [0.2, 0.25) is 5.28 Å². The van der Waals surface area contributed by atoms with Crippen LogP contribution in [0.25, 0.3) is 11.4 Å². The van der Waals surface area contributed by atoms with E-state index in [0.29, 0.717) is 12.1 Å². The van der Waals surface area contributed by atoms with Gasteiger partial charge in [0.15, 0.2) is 0 Å². The average Bonchev–Trinajstić information content (AvgIpc) is 2.72. The molecule has 1 N–H and O–H groups in total. The largest absolute Gasteiger partial charge is 0.352 e. The summed E-state index contributed by atoms with van der Waals surface area (Å²) in [6.07, 6.45) is 2.48. The molecule has 0 aromatic carbocycles. The number of carbonyl (C=O) groups is 1. The first kappa shape index (κ1) is 12.6. The van der Waals surface area contributed by atoms with Crippen molar-refractivity contribution < 1.29 is 4.79 Å². The lowest BCUT2D eigenvalue weighted by atomic mass is 10.1. The zero-order chi connectivity index (χ0) is 13.6. The maximum atomic E-state index is 11.8. The van der Waals surface area contributed by atoms with Crippen LogP contribution in [0.4, 0.5) is 0 Å². The highest BCUT2D eigenvalue weighted by Crippen LogP contribution is 2.26. The minimum Gasteiger partial charge on any atom is -0.352 e. The van der Waals surface area contributed by atoms with Gasteiger partial charge in [-0.3, -0.25) is 4.79 Å². The van der Waals surface area contributed by atoms with Gasteiger partial charge in [0.25, 0.3) is 5.91 Å². The molecule has 1 atom stereocenters. The Bertz CT molecular complexity index is 683. The number of nitrogens with one attached hydrogen (secondary N) is 1. The van der Waals surface area contributed by atoms with Crippen molar-refractivity contribution in [1.29, 1.82) is 0 Å². The summed E-state index contributed by atoms with van der Waals surface area (Å²) >= 11 is 5.85. The highest BCUT2D eigenvalue weighted by Gasteiger charge is 2.23. The molecule has 0 bridgehead atoms. The fraction of sp³-hybridized carbons (Fsp3) is 0.250. The van der Waals surface area contributed by atoms with E-state index in [1.807, 2.05) is 17.7 Å². The van der Waals surface area contributed by atoms with E-state index < -0.39 is 0 Å². The van der Waals surface area contributed by atoms with Crippen molar-refractivity contribution in [3.8, 4) is 11.4 Å². The number of hydrogen-bond donors (Lipinski definition) is 1. The van der Waals surface area contributed by atoms with Gasteiger partial charge in [-0.2, -0.15) is 0 Å². The number of fused-ring (bicyclic) bond motifs is 1. The first-order chi connectivity index (χ1) is 9.08. The van der Waals surface area contributed by atoms with E-state index in [0.717, 1.165) is 28.8 Å². The van der Waals surface area contributed by atoms with Gasteiger partial charge < -0.3 is 9.88 Å². The molecule has 2 aromatic rings. The fourth-order valence-corrected chi connectivity index (χ4v) is 2.75. The Kier molecular flexibility index (Phi) is 3.03. The standard InChI is InChI=1S/C12H12ClN4OP/c1-17-7-2-3-14-11(18)6(7)4-8(17)10-9(19)5-15-12(13)16-10/h4-5H,2-3,19H2,1H3,(H,14,18). The van der Waals surface area contributed by atoms with Crippen molar-refractivity contribution >= 4 is 32.1 Å². The molecular formula is C12H12ClN4OP. The molecule has 98 valence electrons. The number of rotatable bonds is 1. The molecule has 7 heteroatoms. The summed E-state index contributed by atoms with van der Waals surface area (Å²) in [4.78, 5) is 20.0. The third-order valence-corrected chi connectivity index (χ3v) is 3.89. The summed E-state index contributed by atoms with van der Waals surface area (Å²) in [5.41, 5.74) is 3.34. The van der Waals surface area contributed by atoms with Gasteiger partial charge in [-0.1, -0.05) is 0 Å². The predicted molar refractivity (Wildman–Crippen MR) is 76.8 cm³/mol. The molecule has 3 heterocycles. The van der Waals surface area contributed by atoms with Crippen molar-refractivity contribution in [2.45, 2.75) is 6.42 Å². The van der Waals surface area contributed by atoms with Crippen LogP contribution < -0.4 is 10.6 Å². The van der Waals surface area contributed by atoms with Crippen LogP contribution in [0.3, 0.4) is 0 Å². The predicted octanol–water partition coefficient (Wildman–Crippen LogP) is 0.922. The van der Waals surface area contributed by atoms with Crippen LogP contribution in [-0.4, -0.2) is 27.0 Å². The van der Waals surface area contributed by atoms with Crippen LogP contribution >= 0.6 is 20.8 Å². The van der Waals surface area contributed by atoms with E-state index in [2.05, 4.69) is 24.5 Å². The third kappa shape index (κ3) is 2.03. The highest BCUT2D eigenvalue weighted by atomic mass is 35.5. The van der Waals surface area contributed by atoms with Gasteiger partial charge in [-0.05, 0) is 17.7 Å². The van der Waals surface area contributed by atoms with Crippen molar-refractivity contribution in [2.75, 3.05) is 6.54 Å². The van der Waals surface area contributed by atoms with Crippen LogP contribution in [0, 0.1) is 0 Å². The molecule has 19 heavy (non-hydrogen) atoms. The summed E-state index contributed by atoms with van der Waals surface area (Å²) < 4.78 is 2.00. The number of nitrogens with zero attached hydrogens (tertiary/aromatic N) is 3. The van der Waals surface area contributed by atoms with Gasteiger partial charge >= 0.3 is 0 Å². The van der Waals surface area contributed by atoms with Gasteiger partial charge in [0.1, 0.15) is 0 Å². The Morgan fingerprint density at radius 3 is 3.05 bits per heavy atom. The number of amides is 1. The van der Waals surface area contributed by atoms with Crippen molar-refractivity contribution in [2.24, 2.45) is 7.05 Å². The van der Waals surface area contributed by atoms with Gasteiger partial charge in [-0.15, -0.1) is 9.24 Å². The molecule has 0 saturated carbocycles. The zero-order valence-corrected chi connectivity index (χ0v) is 12.2. The summed E-state index contributed by atoms with van der Waals surface area (Å²) in [7, 11) is 4.53. The number of halogens is 1. The van der Waals surface area contributed by atoms with E-state index in [4.69, 9.17) is 11.6 Å². The number of hydrogen-bond acceptors (Lipinski definition) is 3. The Morgan fingerprint density at radius 1 is 1.53 bits per heavy atom. The van der Waals surface area contributed by atoms with Crippen molar-refractivity contribution in [1.82, 2.24) is 19.9 Å². The quantitative estimate of drug-likeness (QED) is 0.628. The second-order valence-electron chi connectivity index (χ2n) is 4.40. The molecule has 1 aliphatic heterocycles. The molecule has 0 saturated heterocycles. The van der Waals surface area contributed by atoms with Gasteiger partial charge in [0, 0.05) is 37.2 Å². The average molecular weight is 295 g/mol. The molecule has 3 rings (SSSR count). The maximum absolute atomic E-state index is 11.8. The van der Waals surface area contributed by atoms with Gasteiger partial charge in [-0.25, -0.2) is 9.97 Å². The molecule has 1 amide bonds. The summed E-state index contributed by atoms with van der Waals surface area (Å²) in [5.74, 6) is -0.0337. The first-order valence-corrected chi connectivity index (χ1v) is 6.78. The smallest absolute Gasteiger partial charge is 0.253 e. The van der Waals surface area contributed by atoms with E-state index in [1.54, 1.807) is 6.20 Å². The topological polar surface area (TPSA) is 59.8 Å². The molecule has 0 aliphatic carbocycles. The Balaban J connectivity index is 2.21. The number of aromatic nitrogens is 3. The van der Waals surface area contributed by atoms with E-state index >= 15 is 0 Å². The molecule has 0 spiro atoms. The Labute approximate surface area is 117 Å². The fourth-order valence-electron chi connectivity index (χ4n) is 2.33. The van der Waals surface area contributed by atoms with Crippen LogP contribution in [0.15, 0.2) is 12.3 Å². The van der Waals surface area contributed by atoms with Crippen LogP contribution in [0.5, 0.6) is 0 Å². The normalized spacial score (nSPS) is 14.2. The third-order valence-electron chi connectivity index (χ3n) is 3.28. The minimum absolute atomic E-state index is 0.0337. The molecule has 0 fully saturated rings. The van der Waals surface area contributed by atoms with E-state index in [-0.39, 0.29) is 11.2 Å². The van der Waals surface area contributed by atoms with Gasteiger partial charge in [0.05, 0.1) is 17.0 Å². The van der Waals surface area contributed by atoms with Crippen molar-refractivity contribution in [3.63, 3.8) is 0 Å². The van der Waals surface area contributed by atoms with Crippen LogP contribution in [0.2, 0.25) is 5.28 Å². The summed E-state index contributed by atoms with van der Waals surface area (Å²) in [6.45, 7) is 0.668. The zero-order valence-electron chi connectivity index (χ0n) is 10.3. The SMILES string of the molecule is Cn1c(-c2nc(Cl)ncc2P)cc2c1CCNC2=O. The van der Waals surface area contributed by atoms with E-state index in [1.165, 1.54) is 0 Å². The molecular weight excluding hydrogens is 283 g/mol. The lowest BCUT2D eigenvalue weighted by Crippen LogP contribution is -2.31. The second kappa shape index (κ2) is 4.58. The molecule has 0 radical (unpaired) electrons. The Morgan fingerprint density at radius 2 is 2.32 bits per heavy atom.